The number of piperazine rings is 1. The van der Waals surface area contributed by atoms with E-state index in [0.29, 0.717) is 6.04 Å². The summed E-state index contributed by atoms with van der Waals surface area (Å²) in [5.74, 6) is 0. The molecule has 14 heavy (non-hydrogen) atoms. The van der Waals surface area contributed by atoms with Crippen LogP contribution in [0.25, 0.3) is 0 Å². The van der Waals surface area contributed by atoms with Gasteiger partial charge < -0.3 is 5.32 Å². The highest BCUT2D eigenvalue weighted by Gasteiger charge is 2.17. The molecule has 1 atom stereocenters. The monoisotopic (exact) mass is 191 g/mol. The second-order valence-electron chi connectivity index (χ2n) is 3.88. The van der Waals surface area contributed by atoms with Crippen molar-refractivity contribution in [2.45, 2.75) is 19.5 Å². The highest BCUT2D eigenvalue weighted by molar-refractivity contribution is 5.09. The molecule has 1 aliphatic rings. The number of hydrogen-bond acceptors (Lipinski definition) is 3. The van der Waals surface area contributed by atoms with Crippen molar-refractivity contribution in [2.24, 2.45) is 0 Å². The molecule has 1 saturated heterocycles. The number of hydrogen-bond donors (Lipinski definition) is 1. The fraction of sp³-hybridized carbons (Fsp3) is 0.545. The van der Waals surface area contributed by atoms with Gasteiger partial charge in [-0.05, 0) is 24.6 Å². The molecule has 1 aromatic heterocycles. The van der Waals surface area contributed by atoms with Crippen LogP contribution in [0.5, 0.6) is 0 Å². The van der Waals surface area contributed by atoms with Crippen molar-refractivity contribution in [2.75, 3.05) is 19.6 Å². The van der Waals surface area contributed by atoms with Gasteiger partial charge in [0.15, 0.2) is 0 Å². The number of nitrogens with zero attached hydrogens (tertiary/aromatic N) is 2. The fourth-order valence-corrected chi connectivity index (χ4v) is 1.84. The van der Waals surface area contributed by atoms with Gasteiger partial charge in [-0.2, -0.15) is 0 Å². The first kappa shape index (κ1) is 9.62. The van der Waals surface area contributed by atoms with E-state index in [2.05, 4.69) is 34.3 Å². The van der Waals surface area contributed by atoms with Gasteiger partial charge in [-0.1, -0.05) is 0 Å². The molecule has 3 heteroatoms. The first-order valence-electron chi connectivity index (χ1n) is 5.20. The lowest BCUT2D eigenvalue weighted by Crippen LogP contribution is -2.49. The Bertz CT molecular complexity index is 273. The quantitative estimate of drug-likeness (QED) is 0.752. The summed E-state index contributed by atoms with van der Waals surface area (Å²) in [7, 11) is 0. The van der Waals surface area contributed by atoms with Gasteiger partial charge in [-0.15, -0.1) is 0 Å². The lowest BCUT2D eigenvalue weighted by Gasteiger charge is -2.33. The molecule has 0 aromatic carbocycles. The molecule has 0 amide bonds. The van der Waals surface area contributed by atoms with E-state index in [1.165, 1.54) is 5.56 Å². The maximum absolute atomic E-state index is 4.03. The van der Waals surface area contributed by atoms with Crippen molar-refractivity contribution in [3.05, 3.63) is 30.1 Å². The van der Waals surface area contributed by atoms with E-state index >= 15 is 0 Å². The first-order valence-corrected chi connectivity index (χ1v) is 5.20. The van der Waals surface area contributed by atoms with E-state index < -0.39 is 0 Å². The molecule has 0 radical (unpaired) electrons. The molecule has 2 heterocycles. The fourth-order valence-electron chi connectivity index (χ4n) is 1.84. The van der Waals surface area contributed by atoms with E-state index in [1.54, 1.807) is 0 Å². The van der Waals surface area contributed by atoms with Crippen LogP contribution in [0.2, 0.25) is 0 Å². The Balaban J connectivity index is 1.96. The smallest absolute Gasteiger partial charge is 0.0271 e. The molecule has 1 aromatic rings. The Kier molecular flexibility index (Phi) is 3.11. The molecule has 0 unspecified atom stereocenters. The zero-order valence-corrected chi connectivity index (χ0v) is 8.61. The van der Waals surface area contributed by atoms with Gasteiger partial charge in [-0.3, -0.25) is 9.88 Å². The van der Waals surface area contributed by atoms with Crippen LogP contribution in [0.3, 0.4) is 0 Å². The molecule has 0 saturated carbocycles. The van der Waals surface area contributed by atoms with E-state index in [9.17, 15) is 0 Å². The van der Waals surface area contributed by atoms with Gasteiger partial charge >= 0.3 is 0 Å². The SMILES string of the molecule is C[C@@H]1CNCCN1Cc1ccncc1. The van der Waals surface area contributed by atoms with Crippen molar-refractivity contribution >= 4 is 0 Å². The zero-order chi connectivity index (χ0) is 9.80. The molecule has 76 valence electrons. The summed E-state index contributed by atoms with van der Waals surface area (Å²) < 4.78 is 0. The topological polar surface area (TPSA) is 28.2 Å². The van der Waals surface area contributed by atoms with Gasteiger partial charge in [0.05, 0.1) is 0 Å². The van der Waals surface area contributed by atoms with Crippen LogP contribution in [0.4, 0.5) is 0 Å². The van der Waals surface area contributed by atoms with Crippen LogP contribution >= 0.6 is 0 Å². The molecular formula is C11H17N3. The summed E-state index contributed by atoms with van der Waals surface area (Å²) in [4.78, 5) is 6.53. The predicted molar refractivity (Wildman–Crippen MR) is 57.0 cm³/mol. The third-order valence-electron chi connectivity index (χ3n) is 2.77. The molecule has 0 spiro atoms. The summed E-state index contributed by atoms with van der Waals surface area (Å²) in [6.45, 7) is 6.67. The number of nitrogens with one attached hydrogen (secondary N) is 1. The van der Waals surface area contributed by atoms with Crippen LogP contribution < -0.4 is 5.32 Å². The molecule has 1 N–H and O–H groups in total. The standard InChI is InChI=1S/C11H17N3/c1-10-8-13-6-7-14(10)9-11-2-4-12-5-3-11/h2-5,10,13H,6-9H2,1H3/t10-/m1/s1. The summed E-state index contributed by atoms with van der Waals surface area (Å²) in [6, 6.07) is 4.82. The number of rotatable bonds is 2. The van der Waals surface area contributed by atoms with Crippen LogP contribution in [0, 0.1) is 0 Å². The molecule has 1 fully saturated rings. The minimum atomic E-state index is 0.636. The third kappa shape index (κ3) is 2.30. The lowest BCUT2D eigenvalue weighted by molar-refractivity contribution is 0.165. The molecule has 0 bridgehead atoms. The highest BCUT2D eigenvalue weighted by atomic mass is 15.2. The Morgan fingerprint density at radius 3 is 3.00 bits per heavy atom. The van der Waals surface area contributed by atoms with Gasteiger partial charge in [-0.25, -0.2) is 0 Å². The van der Waals surface area contributed by atoms with E-state index in [-0.39, 0.29) is 0 Å². The van der Waals surface area contributed by atoms with Crippen LogP contribution in [0.15, 0.2) is 24.5 Å². The number of pyridine rings is 1. The minimum Gasteiger partial charge on any atom is -0.314 e. The normalized spacial score (nSPS) is 23.6. The maximum atomic E-state index is 4.03. The van der Waals surface area contributed by atoms with Crippen molar-refractivity contribution in [1.29, 1.82) is 0 Å². The van der Waals surface area contributed by atoms with Crippen LogP contribution in [0.1, 0.15) is 12.5 Å². The van der Waals surface area contributed by atoms with E-state index in [1.807, 2.05) is 12.4 Å². The van der Waals surface area contributed by atoms with Crippen molar-refractivity contribution < 1.29 is 0 Å². The van der Waals surface area contributed by atoms with Crippen LogP contribution in [-0.2, 0) is 6.54 Å². The van der Waals surface area contributed by atoms with Crippen molar-refractivity contribution in [3.63, 3.8) is 0 Å². The highest BCUT2D eigenvalue weighted by Crippen LogP contribution is 2.08. The van der Waals surface area contributed by atoms with Gasteiger partial charge in [0.1, 0.15) is 0 Å². The van der Waals surface area contributed by atoms with Gasteiger partial charge in [0.25, 0.3) is 0 Å². The van der Waals surface area contributed by atoms with Gasteiger partial charge in [0.2, 0.25) is 0 Å². The van der Waals surface area contributed by atoms with E-state index in [4.69, 9.17) is 0 Å². The predicted octanol–water partition coefficient (Wildman–Crippen LogP) is 0.875. The average Bonchev–Trinajstić information content (AvgIpc) is 2.23. The molecule has 0 aliphatic carbocycles. The molecule has 1 aliphatic heterocycles. The molecule has 3 nitrogen and oxygen atoms in total. The second-order valence-corrected chi connectivity index (χ2v) is 3.88. The Labute approximate surface area is 85.1 Å². The Hall–Kier alpha value is -0.930. The summed E-state index contributed by atoms with van der Waals surface area (Å²) >= 11 is 0. The largest absolute Gasteiger partial charge is 0.314 e. The van der Waals surface area contributed by atoms with Gasteiger partial charge in [0, 0.05) is 44.6 Å². The van der Waals surface area contributed by atoms with Crippen LogP contribution in [-0.4, -0.2) is 35.6 Å². The van der Waals surface area contributed by atoms with Crippen molar-refractivity contribution in [1.82, 2.24) is 15.2 Å². The number of aromatic nitrogens is 1. The Morgan fingerprint density at radius 2 is 2.29 bits per heavy atom. The lowest BCUT2D eigenvalue weighted by atomic mass is 10.2. The van der Waals surface area contributed by atoms with Crippen molar-refractivity contribution in [3.8, 4) is 0 Å². The molecular weight excluding hydrogens is 174 g/mol. The summed E-state index contributed by atoms with van der Waals surface area (Å²) in [5.41, 5.74) is 1.36. The minimum absolute atomic E-state index is 0.636. The zero-order valence-electron chi connectivity index (χ0n) is 8.61. The third-order valence-corrected chi connectivity index (χ3v) is 2.77. The Morgan fingerprint density at radius 1 is 1.50 bits per heavy atom. The summed E-state index contributed by atoms with van der Waals surface area (Å²) in [5, 5.41) is 3.40. The summed E-state index contributed by atoms with van der Waals surface area (Å²) in [6.07, 6.45) is 3.73. The van der Waals surface area contributed by atoms with E-state index in [0.717, 1.165) is 26.2 Å². The first-order chi connectivity index (χ1) is 6.86. The average molecular weight is 191 g/mol. The molecule has 2 rings (SSSR count). The maximum Gasteiger partial charge on any atom is 0.0271 e. The second kappa shape index (κ2) is 4.53.